The summed E-state index contributed by atoms with van der Waals surface area (Å²) >= 11 is 5.87. The smallest absolute Gasteiger partial charge is 0.338 e. The van der Waals surface area contributed by atoms with Gasteiger partial charge in [-0.05, 0) is 51.0 Å². The number of aromatic nitrogens is 1. The Balaban J connectivity index is 1.65. The molecule has 1 aromatic heterocycles. The van der Waals surface area contributed by atoms with Gasteiger partial charge in [-0.15, -0.1) is 0 Å². The first-order valence-corrected chi connectivity index (χ1v) is 9.07. The van der Waals surface area contributed by atoms with Crippen molar-refractivity contribution in [1.82, 2.24) is 4.57 Å². The summed E-state index contributed by atoms with van der Waals surface area (Å²) in [7, 11) is 0. The van der Waals surface area contributed by atoms with Crippen LogP contribution in [0.5, 0.6) is 0 Å². The number of hydrogen-bond donors (Lipinski definition) is 0. The first kappa shape index (κ1) is 18.7. The largest absolute Gasteiger partial charge is 0.454 e. The van der Waals surface area contributed by atoms with Gasteiger partial charge in [-0.25, -0.2) is 4.79 Å². The van der Waals surface area contributed by atoms with E-state index in [2.05, 4.69) is 4.57 Å². The molecule has 138 valence electrons. The molecule has 1 fully saturated rings. The van der Waals surface area contributed by atoms with Crippen LogP contribution in [0.3, 0.4) is 0 Å². The number of benzene rings is 1. The lowest BCUT2D eigenvalue weighted by Crippen LogP contribution is -2.18. The van der Waals surface area contributed by atoms with Crippen molar-refractivity contribution in [2.75, 3.05) is 13.2 Å². The molecular weight excluding hydrogens is 354 g/mol. The first-order valence-electron chi connectivity index (χ1n) is 8.70. The maximum atomic E-state index is 12.5. The monoisotopic (exact) mass is 375 g/mol. The first-order chi connectivity index (χ1) is 12.5. The second-order valence-electron chi connectivity index (χ2n) is 6.54. The Morgan fingerprint density at radius 1 is 1.31 bits per heavy atom. The molecule has 0 N–H and O–H groups in total. The molecule has 0 radical (unpaired) electrons. The summed E-state index contributed by atoms with van der Waals surface area (Å²) in [4.78, 5) is 24.6. The predicted octanol–water partition coefficient (Wildman–Crippen LogP) is 3.98. The highest BCUT2D eigenvalue weighted by atomic mass is 35.5. The van der Waals surface area contributed by atoms with Crippen LogP contribution in [0.15, 0.2) is 30.3 Å². The average molecular weight is 376 g/mol. The number of carbonyl (C=O) groups excluding carboxylic acids is 2. The SMILES string of the molecule is Cc1cc(C(=O)COC(=O)c2cccc(Cl)c2)c(C)n1C[C@H]1CCCO1. The summed E-state index contributed by atoms with van der Waals surface area (Å²) < 4.78 is 12.9. The molecular formula is C20H22ClNO4. The molecule has 0 saturated carbocycles. The minimum atomic E-state index is -0.561. The molecule has 0 amide bonds. The van der Waals surface area contributed by atoms with Crippen LogP contribution in [-0.2, 0) is 16.0 Å². The summed E-state index contributed by atoms with van der Waals surface area (Å²) in [6, 6.07) is 8.31. The molecule has 5 nitrogen and oxygen atoms in total. The van der Waals surface area contributed by atoms with E-state index >= 15 is 0 Å². The zero-order chi connectivity index (χ0) is 18.7. The molecule has 2 aromatic rings. The Hall–Kier alpha value is -2.11. The van der Waals surface area contributed by atoms with Crippen LogP contribution in [-0.4, -0.2) is 35.6 Å². The van der Waals surface area contributed by atoms with Gasteiger partial charge in [0, 0.05) is 35.1 Å². The second kappa shape index (κ2) is 8.06. The summed E-state index contributed by atoms with van der Waals surface area (Å²) in [6.07, 6.45) is 2.32. The number of ketones is 1. The maximum absolute atomic E-state index is 12.5. The Morgan fingerprint density at radius 3 is 2.81 bits per heavy atom. The molecule has 1 saturated heterocycles. The van der Waals surface area contributed by atoms with E-state index in [1.54, 1.807) is 18.2 Å². The van der Waals surface area contributed by atoms with Crippen LogP contribution in [0.25, 0.3) is 0 Å². The number of carbonyl (C=O) groups is 2. The molecule has 0 bridgehead atoms. The van der Waals surface area contributed by atoms with E-state index in [9.17, 15) is 9.59 Å². The number of ether oxygens (including phenoxy) is 2. The minimum Gasteiger partial charge on any atom is -0.454 e. The normalized spacial score (nSPS) is 16.7. The van der Waals surface area contributed by atoms with Gasteiger partial charge in [0.2, 0.25) is 5.78 Å². The Kier molecular flexibility index (Phi) is 5.79. The van der Waals surface area contributed by atoms with Crippen LogP contribution in [0.2, 0.25) is 5.02 Å². The summed E-state index contributed by atoms with van der Waals surface area (Å²) in [6.45, 7) is 5.13. The van der Waals surface area contributed by atoms with Crippen molar-refractivity contribution < 1.29 is 19.1 Å². The fraction of sp³-hybridized carbons (Fsp3) is 0.400. The van der Waals surface area contributed by atoms with E-state index in [1.165, 1.54) is 6.07 Å². The number of aryl methyl sites for hydroxylation is 1. The van der Waals surface area contributed by atoms with Crippen LogP contribution in [0.4, 0.5) is 0 Å². The molecule has 0 unspecified atom stereocenters. The molecule has 1 aliphatic heterocycles. The van der Waals surface area contributed by atoms with Crippen molar-refractivity contribution in [2.45, 2.75) is 39.3 Å². The summed E-state index contributed by atoms with van der Waals surface area (Å²) in [5.74, 6) is -0.777. The summed E-state index contributed by atoms with van der Waals surface area (Å²) in [5.41, 5.74) is 2.79. The Bertz CT molecular complexity index is 821. The fourth-order valence-electron chi connectivity index (χ4n) is 3.26. The van der Waals surface area contributed by atoms with Crippen molar-refractivity contribution >= 4 is 23.4 Å². The number of esters is 1. The van der Waals surface area contributed by atoms with Gasteiger partial charge in [0.15, 0.2) is 6.61 Å². The number of rotatable bonds is 6. The van der Waals surface area contributed by atoms with Gasteiger partial charge in [0.25, 0.3) is 0 Å². The molecule has 1 aliphatic rings. The number of nitrogens with zero attached hydrogens (tertiary/aromatic N) is 1. The Labute approximate surface area is 157 Å². The number of Topliss-reactive ketones (excluding diaryl/α,β-unsaturated/α-hetero) is 1. The number of halogens is 1. The highest BCUT2D eigenvalue weighted by Gasteiger charge is 2.21. The van der Waals surface area contributed by atoms with Crippen LogP contribution >= 0.6 is 11.6 Å². The van der Waals surface area contributed by atoms with Crippen LogP contribution < -0.4 is 0 Å². The van der Waals surface area contributed by atoms with Gasteiger partial charge in [-0.2, -0.15) is 0 Å². The minimum absolute atomic E-state index is 0.198. The standard InChI is InChI=1S/C20H22ClNO4/c1-13-9-18(14(2)22(13)11-17-7-4-8-25-17)19(23)12-26-20(24)15-5-3-6-16(21)10-15/h3,5-6,9-10,17H,4,7-8,11-12H2,1-2H3/t17-/m1/s1. The van der Waals surface area contributed by atoms with Gasteiger partial charge >= 0.3 is 5.97 Å². The van der Waals surface area contributed by atoms with Gasteiger partial charge in [-0.1, -0.05) is 17.7 Å². The lowest BCUT2D eigenvalue weighted by atomic mass is 10.1. The third-order valence-electron chi connectivity index (χ3n) is 4.68. The quantitative estimate of drug-likeness (QED) is 0.566. The number of hydrogen-bond acceptors (Lipinski definition) is 4. The van der Waals surface area contributed by atoms with E-state index in [0.29, 0.717) is 16.1 Å². The lowest BCUT2D eigenvalue weighted by Gasteiger charge is -2.14. The van der Waals surface area contributed by atoms with Gasteiger partial charge in [-0.3, -0.25) is 4.79 Å². The van der Waals surface area contributed by atoms with Crippen LogP contribution in [0, 0.1) is 13.8 Å². The molecule has 1 atom stereocenters. The van der Waals surface area contributed by atoms with E-state index in [4.69, 9.17) is 21.1 Å². The van der Waals surface area contributed by atoms with E-state index in [-0.39, 0.29) is 18.5 Å². The second-order valence-corrected chi connectivity index (χ2v) is 6.98. The zero-order valence-corrected chi connectivity index (χ0v) is 15.7. The fourth-order valence-corrected chi connectivity index (χ4v) is 3.45. The topological polar surface area (TPSA) is 57.5 Å². The van der Waals surface area contributed by atoms with Gasteiger partial charge in [0.05, 0.1) is 11.7 Å². The highest BCUT2D eigenvalue weighted by molar-refractivity contribution is 6.30. The molecule has 6 heteroatoms. The molecule has 3 rings (SSSR count). The molecule has 0 spiro atoms. The zero-order valence-electron chi connectivity index (χ0n) is 15.0. The van der Waals surface area contributed by atoms with Crippen molar-refractivity contribution in [1.29, 1.82) is 0 Å². The molecule has 2 heterocycles. The average Bonchev–Trinajstić information content (AvgIpc) is 3.23. The van der Waals surface area contributed by atoms with Crippen molar-refractivity contribution in [3.8, 4) is 0 Å². The molecule has 26 heavy (non-hydrogen) atoms. The third kappa shape index (κ3) is 4.17. The van der Waals surface area contributed by atoms with Crippen molar-refractivity contribution in [3.63, 3.8) is 0 Å². The van der Waals surface area contributed by atoms with E-state index < -0.39 is 5.97 Å². The Morgan fingerprint density at radius 2 is 2.12 bits per heavy atom. The highest BCUT2D eigenvalue weighted by Crippen LogP contribution is 2.21. The molecule has 1 aromatic carbocycles. The van der Waals surface area contributed by atoms with E-state index in [0.717, 1.165) is 37.4 Å². The molecule has 0 aliphatic carbocycles. The van der Waals surface area contributed by atoms with Gasteiger partial charge < -0.3 is 14.0 Å². The summed E-state index contributed by atoms with van der Waals surface area (Å²) in [5, 5.41) is 0.448. The van der Waals surface area contributed by atoms with E-state index in [1.807, 2.05) is 19.9 Å². The van der Waals surface area contributed by atoms with Crippen LogP contribution in [0.1, 0.15) is 44.9 Å². The van der Waals surface area contributed by atoms with Crippen molar-refractivity contribution in [3.05, 3.63) is 57.9 Å². The predicted molar refractivity (Wildman–Crippen MR) is 98.9 cm³/mol. The van der Waals surface area contributed by atoms with Gasteiger partial charge in [0.1, 0.15) is 0 Å². The van der Waals surface area contributed by atoms with Crippen molar-refractivity contribution in [2.24, 2.45) is 0 Å². The lowest BCUT2D eigenvalue weighted by molar-refractivity contribution is 0.0474. The maximum Gasteiger partial charge on any atom is 0.338 e. The third-order valence-corrected chi connectivity index (χ3v) is 4.91.